The molecule has 0 saturated carbocycles. The average molecular weight is 576 g/mol. The fraction of sp³-hybridized carbons (Fsp3) is 0.0556. The molecule has 6 nitrogen and oxygen atoms in total. The highest BCUT2D eigenvalue weighted by atomic mass is 32.1. The van der Waals surface area contributed by atoms with Crippen molar-refractivity contribution in [2.75, 3.05) is 0 Å². The molecule has 3 heterocycles. The number of imidazole rings is 1. The number of benzene rings is 5. The molecule has 0 unspecified atom stereocenters. The maximum Gasteiger partial charge on any atom is 0.328 e. The lowest BCUT2D eigenvalue weighted by atomic mass is 10.0. The first-order valence-corrected chi connectivity index (χ1v) is 14.8. The van der Waals surface area contributed by atoms with Crippen LogP contribution in [0.2, 0.25) is 0 Å². The highest BCUT2D eigenvalue weighted by Crippen LogP contribution is 2.36. The Bertz CT molecular complexity index is 2400. The van der Waals surface area contributed by atoms with Crippen LogP contribution >= 0.6 is 11.3 Å². The largest absolute Gasteiger partial charge is 0.328 e. The van der Waals surface area contributed by atoms with Crippen molar-refractivity contribution in [1.82, 2.24) is 24.1 Å². The highest BCUT2D eigenvalue weighted by Gasteiger charge is 2.15. The lowest BCUT2D eigenvalue weighted by Gasteiger charge is -2.10. The zero-order valence-corrected chi connectivity index (χ0v) is 24.3. The minimum absolute atomic E-state index is 0.0408. The van der Waals surface area contributed by atoms with E-state index >= 15 is 0 Å². The molecule has 0 saturated heterocycles. The zero-order chi connectivity index (χ0) is 29.1. The Morgan fingerprint density at radius 1 is 0.488 bits per heavy atom. The standard InChI is InChI=1S/C36H25N5OS/c1-40-29-18-16-24(20-30(29)41(2)36(40)42)23-11-8-12-25(19-23)34-37-33(22-9-4-3-5-10-22)38-35(39-34)26-15-17-28-27-13-6-7-14-31(27)43-32(28)21-26/h3-21H,1-2H3. The van der Waals surface area contributed by atoms with Crippen LogP contribution in [0.1, 0.15) is 0 Å². The molecule has 0 fully saturated rings. The third-order valence-electron chi connectivity index (χ3n) is 8.03. The van der Waals surface area contributed by atoms with E-state index < -0.39 is 0 Å². The molecule has 0 spiro atoms. The monoisotopic (exact) mass is 575 g/mol. The number of thiophene rings is 1. The van der Waals surface area contributed by atoms with Gasteiger partial charge in [-0.3, -0.25) is 9.13 Å². The van der Waals surface area contributed by atoms with Gasteiger partial charge in [0.25, 0.3) is 0 Å². The molecule has 0 bridgehead atoms. The van der Waals surface area contributed by atoms with Gasteiger partial charge in [0.15, 0.2) is 17.5 Å². The summed E-state index contributed by atoms with van der Waals surface area (Å²) in [5.41, 5.74) is 6.56. The van der Waals surface area contributed by atoms with E-state index in [1.807, 2.05) is 48.5 Å². The van der Waals surface area contributed by atoms with Crippen LogP contribution in [-0.4, -0.2) is 24.1 Å². The summed E-state index contributed by atoms with van der Waals surface area (Å²) in [6, 6.07) is 39.3. The van der Waals surface area contributed by atoms with Crippen molar-refractivity contribution >= 4 is 42.5 Å². The summed E-state index contributed by atoms with van der Waals surface area (Å²) >= 11 is 1.78. The molecule has 7 heteroatoms. The molecule has 0 aliphatic heterocycles. The fourth-order valence-electron chi connectivity index (χ4n) is 5.74. The van der Waals surface area contributed by atoms with Crippen LogP contribution in [0.4, 0.5) is 0 Å². The molecule has 8 aromatic rings. The van der Waals surface area contributed by atoms with Gasteiger partial charge in [-0.1, -0.05) is 84.9 Å². The first kappa shape index (κ1) is 25.3. The average Bonchev–Trinajstić information content (AvgIpc) is 3.54. The van der Waals surface area contributed by atoms with Crippen molar-refractivity contribution < 1.29 is 0 Å². The molecule has 0 aliphatic carbocycles. The Morgan fingerprint density at radius 2 is 1.07 bits per heavy atom. The Kier molecular flexibility index (Phi) is 5.80. The maximum absolute atomic E-state index is 12.5. The molecular formula is C36H25N5OS. The third kappa shape index (κ3) is 4.24. The summed E-state index contributed by atoms with van der Waals surface area (Å²) in [6.45, 7) is 0. The van der Waals surface area contributed by atoms with Crippen molar-refractivity contribution in [3.8, 4) is 45.3 Å². The van der Waals surface area contributed by atoms with Crippen LogP contribution in [0, 0.1) is 0 Å². The van der Waals surface area contributed by atoms with Gasteiger partial charge in [-0.05, 0) is 41.5 Å². The topological polar surface area (TPSA) is 65.6 Å². The Balaban J connectivity index is 1.28. The Morgan fingerprint density at radius 3 is 1.88 bits per heavy atom. The summed E-state index contributed by atoms with van der Waals surface area (Å²) in [7, 11) is 3.60. The van der Waals surface area contributed by atoms with E-state index in [4.69, 9.17) is 15.0 Å². The van der Waals surface area contributed by atoms with Gasteiger partial charge in [-0.15, -0.1) is 11.3 Å². The van der Waals surface area contributed by atoms with Crippen LogP contribution in [-0.2, 0) is 14.1 Å². The summed E-state index contributed by atoms with van der Waals surface area (Å²) in [6.07, 6.45) is 0. The Hall–Kier alpha value is -5.40. The number of fused-ring (bicyclic) bond motifs is 4. The highest BCUT2D eigenvalue weighted by molar-refractivity contribution is 7.25. The molecule has 8 rings (SSSR count). The quantitative estimate of drug-likeness (QED) is 0.213. The van der Waals surface area contributed by atoms with E-state index in [-0.39, 0.29) is 5.69 Å². The van der Waals surface area contributed by atoms with E-state index in [1.54, 1.807) is 34.6 Å². The van der Waals surface area contributed by atoms with E-state index in [9.17, 15) is 4.79 Å². The first-order chi connectivity index (χ1) is 21.0. The van der Waals surface area contributed by atoms with Gasteiger partial charge in [0, 0.05) is 51.0 Å². The van der Waals surface area contributed by atoms with Gasteiger partial charge >= 0.3 is 5.69 Å². The number of hydrogen-bond acceptors (Lipinski definition) is 5. The number of aryl methyl sites for hydroxylation is 2. The summed E-state index contributed by atoms with van der Waals surface area (Å²) in [4.78, 5) is 27.4. The lowest BCUT2D eigenvalue weighted by Crippen LogP contribution is -2.19. The summed E-state index contributed by atoms with van der Waals surface area (Å²) in [5, 5.41) is 2.50. The van der Waals surface area contributed by atoms with Crippen LogP contribution in [0.15, 0.2) is 120 Å². The molecule has 206 valence electrons. The third-order valence-corrected chi connectivity index (χ3v) is 9.16. The fourth-order valence-corrected chi connectivity index (χ4v) is 6.88. The second kappa shape index (κ2) is 9.86. The van der Waals surface area contributed by atoms with Gasteiger partial charge in [-0.2, -0.15) is 0 Å². The molecule has 0 radical (unpaired) electrons. The van der Waals surface area contributed by atoms with Crippen molar-refractivity contribution in [1.29, 1.82) is 0 Å². The van der Waals surface area contributed by atoms with Crippen molar-refractivity contribution in [2.24, 2.45) is 14.1 Å². The van der Waals surface area contributed by atoms with Crippen molar-refractivity contribution in [2.45, 2.75) is 0 Å². The lowest BCUT2D eigenvalue weighted by molar-refractivity contribution is 0.795. The van der Waals surface area contributed by atoms with Crippen LogP contribution < -0.4 is 5.69 Å². The van der Waals surface area contributed by atoms with E-state index in [2.05, 4.69) is 66.7 Å². The number of rotatable bonds is 4. The van der Waals surface area contributed by atoms with Crippen LogP contribution in [0.5, 0.6) is 0 Å². The minimum Gasteiger partial charge on any atom is -0.295 e. The van der Waals surface area contributed by atoms with Crippen LogP contribution in [0.25, 0.3) is 76.5 Å². The minimum atomic E-state index is -0.0408. The van der Waals surface area contributed by atoms with E-state index in [0.29, 0.717) is 17.5 Å². The van der Waals surface area contributed by atoms with E-state index in [1.165, 1.54) is 20.2 Å². The molecular weight excluding hydrogens is 550 g/mol. The summed E-state index contributed by atoms with van der Waals surface area (Å²) in [5.74, 6) is 1.87. The van der Waals surface area contributed by atoms with Crippen molar-refractivity contribution in [3.05, 3.63) is 126 Å². The summed E-state index contributed by atoms with van der Waals surface area (Å²) < 4.78 is 5.82. The predicted octanol–water partition coefficient (Wildman–Crippen LogP) is 8.10. The molecule has 0 atom stereocenters. The normalized spacial score (nSPS) is 11.6. The van der Waals surface area contributed by atoms with Crippen LogP contribution in [0.3, 0.4) is 0 Å². The molecule has 3 aromatic heterocycles. The van der Waals surface area contributed by atoms with Gasteiger partial charge in [0.2, 0.25) is 0 Å². The maximum atomic E-state index is 12.5. The molecule has 5 aromatic carbocycles. The number of hydrogen-bond donors (Lipinski definition) is 0. The smallest absolute Gasteiger partial charge is 0.295 e. The first-order valence-electron chi connectivity index (χ1n) is 14.0. The number of aromatic nitrogens is 5. The zero-order valence-electron chi connectivity index (χ0n) is 23.5. The van der Waals surface area contributed by atoms with Gasteiger partial charge < -0.3 is 0 Å². The second-order valence-corrected chi connectivity index (χ2v) is 11.8. The SMILES string of the molecule is Cn1c(=O)n(C)c2cc(-c3cccc(-c4nc(-c5ccccc5)nc(-c5ccc6c(c5)sc5ccccc56)n4)c3)ccc21. The predicted molar refractivity (Wildman–Crippen MR) is 176 cm³/mol. The molecule has 0 N–H and O–H groups in total. The number of nitrogens with zero attached hydrogens (tertiary/aromatic N) is 5. The van der Waals surface area contributed by atoms with Gasteiger partial charge in [-0.25, -0.2) is 19.7 Å². The van der Waals surface area contributed by atoms with Gasteiger partial charge in [0.1, 0.15) is 0 Å². The molecule has 43 heavy (non-hydrogen) atoms. The van der Waals surface area contributed by atoms with E-state index in [0.717, 1.165) is 38.9 Å². The van der Waals surface area contributed by atoms with Gasteiger partial charge in [0.05, 0.1) is 11.0 Å². The van der Waals surface area contributed by atoms with Crippen molar-refractivity contribution in [3.63, 3.8) is 0 Å². The second-order valence-electron chi connectivity index (χ2n) is 10.7. The molecule has 0 aliphatic rings. The molecule has 0 amide bonds. The Labute approximate surface area is 251 Å².